The largest absolute Gasteiger partial charge is 0.480 e. The molecule has 2 atom stereocenters. The number of piperidine rings is 1. The standard InChI is InChI=1S/C17H24N2O5S/c1-12-9-10-19(15(11-12)17(21)22)16(20)8-5-13-3-6-14(7-4-13)25(23,24)18-2/h3-4,6-7,12,15,18H,5,8-11H2,1-2H3,(H,21,22). The van der Waals surface area contributed by atoms with Crippen molar-refractivity contribution in [2.24, 2.45) is 5.92 Å². The number of rotatable bonds is 6. The Morgan fingerprint density at radius 1 is 1.28 bits per heavy atom. The molecule has 25 heavy (non-hydrogen) atoms. The zero-order valence-electron chi connectivity index (χ0n) is 14.4. The first kappa shape index (κ1) is 19.4. The molecule has 2 N–H and O–H groups in total. The molecule has 1 heterocycles. The zero-order valence-corrected chi connectivity index (χ0v) is 15.3. The molecule has 2 unspecified atom stereocenters. The summed E-state index contributed by atoms with van der Waals surface area (Å²) in [7, 11) is -2.13. The molecule has 2 rings (SSSR count). The van der Waals surface area contributed by atoms with E-state index < -0.39 is 22.0 Å². The van der Waals surface area contributed by atoms with Crippen LogP contribution in [0.3, 0.4) is 0 Å². The summed E-state index contributed by atoms with van der Waals surface area (Å²) < 4.78 is 25.6. The van der Waals surface area contributed by atoms with Gasteiger partial charge in [0.1, 0.15) is 6.04 Å². The van der Waals surface area contributed by atoms with Crippen molar-refractivity contribution >= 4 is 21.9 Å². The van der Waals surface area contributed by atoms with Crippen LogP contribution in [0.15, 0.2) is 29.2 Å². The van der Waals surface area contributed by atoms with Gasteiger partial charge in [0.25, 0.3) is 0 Å². The number of sulfonamides is 1. The van der Waals surface area contributed by atoms with Gasteiger partial charge in [-0.25, -0.2) is 17.9 Å². The lowest BCUT2D eigenvalue weighted by Gasteiger charge is -2.36. The normalized spacial score (nSPS) is 21.1. The molecule has 0 radical (unpaired) electrons. The average molecular weight is 368 g/mol. The van der Waals surface area contributed by atoms with E-state index in [0.717, 1.165) is 12.0 Å². The molecule has 0 aliphatic carbocycles. The van der Waals surface area contributed by atoms with Gasteiger partial charge < -0.3 is 10.0 Å². The first-order chi connectivity index (χ1) is 11.7. The molecule has 7 nitrogen and oxygen atoms in total. The van der Waals surface area contributed by atoms with Crippen LogP contribution in [0.25, 0.3) is 0 Å². The molecule has 8 heteroatoms. The minimum absolute atomic E-state index is 0.168. The Kier molecular flexibility index (Phi) is 6.18. The molecule has 0 aromatic heterocycles. The third kappa shape index (κ3) is 4.79. The summed E-state index contributed by atoms with van der Waals surface area (Å²) in [6.45, 7) is 2.47. The number of amides is 1. The van der Waals surface area contributed by atoms with E-state index in [4.69, 9.17) is 0 Å². The van der Waals surface area contributed by atoms with Crippen molar-refractivity contribution in [3.8, 4) is 0 Å². The number of aliphatic carboxylic acids is 1. The van der Waals surface area contributed by atoms with Gasteiger partial charge in [-0.3, -0.25) is 4.79 Å². The summed E-state index contributed by atoms with van der Waals surface area (Å²) in [6, 6.07) is 5.58. The maximum Gasteiger partial charge on any atom is 0.326 e. The number of carbonyl (C=O) groups excluding carboxylic acids is 1. The lowest BCUT2D eigenvalue weighted by atomic mass is 9.92. The van der Waals surface area contributed by atoms with Crippen LogP contribution < -0.4 is 4.72 Å². The summed E-state index contributed by atoms with van der Waals surface area (Å²) in [6.07, 6.45) is 1.94. The third-order valence-electron chi connectivity index (χ3n) is 4.60. The smallest absolute Gasteiger partial charge is 0.326 e. The maximum atomic E-state index is 12.4. The summed E-state index contributed by atoms with van der Waals surface area (Å²) in [5, 5.41) is 9.33. The van der Waals surface area contributed by atoms with Crippen LogP contribution in [0.4, 0.5) is 0 Å². The molecule has 1 aromatic carbocycles. The Morgan fingerprint density at radius 3 is 2.48 bits per heavy atom. The summed E-state index contributed by atoms with van der Waals surface area (Å²) >= 11 is 0. The van der Waals surface area contributed by atoms with E-state index in [-0.39, 0.29) is 17.2 Å². The van der Waals surface area contributed by atoms with Crippen molar-refractivity contribution in [3.05, 3.63) is 29.8 Å². The van der Waals surface area contributed by atoms with Gasteiger partial charge in [0.05, 0.1) is 4.90 Å². The molecule has 0 spiro atoms. The molecule has 0 bridgehead atoms. The fourth-order valence-electron chi connectivity index (χ4n) is 3.02. The predicted octanol–water partition coefficient (Wildman–Crippen LogP) is 1.24. The van der Waals surface area contributed by atoms with Crippen LogP contribution in [-0.2, 0) is 26.0 Å². The van der Waals surface area contributed by atoms with Gasteiger partial charge in [0.15, 0.2) is 0 Å². The number of carboxylic acid groups (broad SMARTS) is 1. The minimum atomic E-state index is -3.48. The second kappa shape index (κ2) is 7.97. The van der Waals surface area contributed by atoms with Crippen molar-refractivity contribution in [3.63, 3.8) is 0 Å². The molecule has 1 aliphatic heterocycles. The van der Waals surface area contributed by atoms with E-state index in [0.29, 0.717) is 25.3 Å². The van der Waals surface area contributed by atoms with Crippen LogP contribution in [-0.4, -0.2) is 49.9 Å². The lowest BCUT2D eigenvalue weighted by Crippen LogP contribution is -2.49. The number of carbonyl (C=O) groups is 2. The SMILES string of the molecule is CNS(=O)(=O)c1ccc(CCC(=O)N2CCC(C)CC2C(=O)O)cc1. The fraction of sp³-hybridized carbons (Fsp3) is 0.529. The molecule has 1 fully saturated rings. The number of nitrogens with zero attached hydrogens (tertiary/aromatic N) is 1. The van der Waals surface area contributed by atoms with Gasteiger partial charge in [-0.1, -0.05) is 19.1 Å². The van der Waals surface area contributed by atoms with Crippen LogP contribution in [0, 0.1) is 5.92 Å². The number of aryl methyl sites for hydroxylation is 1. The average Bonchev–Trinajstić information content (AvgIpc) is 2.59. The second-order valence-electron chi connectivity index (χ2n) is 6.42. The molecule has 1 aromatic rings. The highest BCUT2D eigenvalue weighted by Gasteiger charge is 2.34. The first-order valence-electron chi connectivity index (χ1n) is 8.29. The number of benzene rings is 1. The Balaban J connectivity index is 1.98. The van der Waals surface area contributed by atoms with Gasteiger partial charge in [0, 0.05) is 13.0 Å². The molecule has 138 valence electrons. The van der Waals surface area contributed by atoms with Crippen LogP contribution >= 0.6 is 0 Å². The van der Waals surface area contributed by atoms with Crippen LogP contribution in [0.1, 0.15) is 31.7 Å². The first-order valence-corrected chi connectivity index (χ1v) is 9.77. The zero-order chi connectivity index (χ0) is 18.6. The number of nitrogens with one attached hydrogen (secondary N) is 1. The quantitative estimate of drug-likeness (QED) is 0.786. The molecule has 1 saturated heterocycles. The Bertz CT molecular complexity index is 730. The fourth-order valence-corrected chi connectivity index (χ4v) is 3.75. The van der Waals surface area contributed by atoms with E-state index >= 15 is 0 Å². The van der Waals surface area contributed by atoms with Crippen LogP contribution in [0.5, 0.6) is 0 Å². The highest BCUT2D eigenvalue weighted by Crippen LogP contribution is 2.24. The molecule has 1 amide bonds. The highest BCUT2D eigenvalue weighted by atomic mass is 32.2. The molecular formula is C17H24N2O5S. The van der Waals surface area contributed by atoms with E-state index in [9.17, 15) is 23.1 Å². The maximum absolute atomic E-state index is 12.4. The molecular weight excluding hydrogens is 344 g/mol. The van der Waals surface area contributed by atoms with Gasteiger partial charge in [-0.2, -0.15) is 0 Å². The Labute approximate surface area is 148 Å². The highest BCUT2D eigenvalue weighted by molar-refractivity contribution is 7.89. The van der Waals surface area contributed by atoms with Crippen molar-refractivity contribution in [2.45, 2.75) is 43.5 Å². The summed E-state index contributed by atoms with van der Waals surface area (Å²) in [5.41, 5.74) is 0.834. The van der Waals surface area contributed by atoms with E-state index in [2.05, 4.69) is 4.72 Å². The van der Waals surface area contributed by atoms with E-state index in [1.807, 2.05) is 6.92 Å². The monoisotopic (exact) mass is 368 g/mol. The number of likely N-dealkylation sites (tertiary alicyclic amines) is 1. The van der Waals surface area contributed by atoms with Crippen LogP contribution in [0.2, 0.25) is 0 Å². The van der Waals surface area contributed by atoms with Crippen molar-refractivity contribution in [1.29, 1.82) is 0 Å². The van der Waals surface area contributed by atoms with Gasteiger partial charge in [-0.15, -0.1) is 0 Å². The van der Waals surface area contributed by atoms with Gasteiger partial charge in [-0.05, 0) is 49.9 Å². The summed E-state index contributed by atoms with van der Waals surface area (Å²) in [4.78, 5) is 25.4. The number of hydrogen-bond acceptors (Lipinski definition) is 4. The Morgan fingerprint density at radius 2 is 1.92 bits per heavy atom. The van der Waals surface area contributed by atoms with Crippen molar-refractivity contribution in [2.75, 3.05) is 13.6 Å². The number of hydrogen-bond donors (Lipinski definition) is 2. The topological polar surface area (TPSA) is 104 Å². The van der Waals surface area contributed by atoms with E-state index in [1.54, 1.807) is 12.1 Å². The Hall–Kier alpha value is -1.93. The third-order valence-corrected chi connectivity index (χ3v) is 6.03. The second-order valence-corrected chi connectivity index (χ2v) is 8.31. The minimum Gasteiger partial charge on any atom is -0.480 e. The molecule has 0 saturated carbocycles. The number of carboxylic acids is 1. The van der Waals surface area contributed by atoms with Crippen molar-refractivity contribution in [1.82, 2.24) is 9.62 Å². The van der Waals surface area contributed by atoms with Gasteiger partial charge in [0.2, 0.25) is 15.9 Å². The van der Waals surface area contributed by atoms with E-state index in [1.165, 1.54) is 24.1 Å². The predicted molar refractivity (Wildman–Crippen MR) is 92.5 cm³/mol. The van der Waals surface area contributed by atoms with Crippen molar-refractivity contribution < 1.29 is 23.1 Å². The van der Waals surface area contributed by atoms with Gasteiger partial charge >= 0.3 is 5.97 Å². The molecule has 1 aliphatic rings. The lowest BCUT2D eigenvalue weighted by molar-refractivity contribution is -0.153. The summed E-state index contributed by atoms with van der Waals surface area (Å²) in [5.74, 6) is -0.834.